The van der Waals surface area contributed by atoms with E-state index < -0.39 is 16.8 Å². The zero-order valence-corrected chi connectivity index (χ0v) is 18.2. The van der Waals surface area contributed by atoms with E-state index in [9.17, 15) is 19.7 Å². The third-order valence-electron chi connectivity index (χ3n) is 5.42. The monoisotopic (exact) mass is 441 g/mol. The number of nitro groups is 1. The highest BCUT2D eigenvalue weighted by Crippen LogP contribution is 2.27. The van der Waals surface area contributed by atoms with Crippen LogP contribution in [0.15, 0.2) is 42.5 Å². The molecule has 1 saturated heterocycles. The number of benzene rings is 2. The van der Waals surface area contributed by atoms with Gasteiger partial charge in [-0.05, 0) is 56.6 Å². The number of nitro benzene ring substituents is 1. The van der Waals surface area contributed by atoms with Crippen molar-refractivity contribution in [1.82, 2.24) is 10.2 Å². The zero-order chi connectivity index (χ0) is 23.1. The van der Waals surface area contributed by atoms with Crippen molar-refractivity contribution in [2.75, 3.05) is 33.4 Å². The Kier molecular flexibility index (Phi) is 7.77. The van der Waals surface area contributed by atoms with E-state index in [0.29, 0.717) is 6.54 Å². The minimum Gasteiger partial charge on any atom is -0.497 e. The van der Waals surface area contributed by atoms with Gasteiger partial charge in [-0.3, -0.25) is 19.8 Å². The first kappa shape index (κ1) is 23.2. The number of rotatable bonds is 9. The molecule has 1 fully saturated rings. The largest absolute Gasteiger partial charge is 0.497 e. The molecule has 9 nitrogen and oxygen atoms in total. The maximum Gasteiger partial charge on any atom is 0.338 e. The Labute approximate surface area is 186 Å². The molecule has 0 spiro atoms. The number of carbonyl (C=O) groups excluding carboxylic acids is 2. The van der Waals surface area contributed by atoms with E-state index in [1.807, 2.05) is 24.3 Å². The van der Waals surface area contributed by atoms with Crippen LogP contribution in [0.5, 0.6) is 5.75 Å². The quantitative estimate of drug-likeness (QED) is 0.361. The third kappa shape index (κ3) is 5.61. The summed E-state index contributed by atoms with van der Waals surface area (Å²) in [4.78, 5) is 37.9. The van der Waals surface area contributed by atoms with Crippen LogP contribution in [0.25, 0.3) is 0 Å². The predicted molar refractivity (Wildman–Crippen MR) is 118 cm³/mol. The number of likely N-dealkylation sites (tertiary alicyclic amines) is 1. The number of esters is 1. The lowest BCUT2D eigenvalue weighted by molar-refractivity contribution is -0.384. The lowest BCUT2D eigenvalue weighted by Gasteiger charge is -2.28. The van der Waals surface area contributed by atoms with E-state index in [1.54, 1.807) is 14.0 Å². The number of hydrogen-bond acceptors (Lipinski definition) is 7. The SMILES string of the molecule is CCOC(=O)c1cc(C(=O)NCC(c2cccc(OC)c2)N2CCCC2)cc([N+](=O)[O-])c1. The average Bonchev–Trinajstić information content (AvgIpc) is 3.33. The Bertz CT molecular complexity index is 987. The number of ether oxygens (including phenoxy) is 2. The van der Waals surface area contributed by atoms with Gasteiger partial charge < -0.3 is 14.8 Å². The maximum absolute atomic E-state index is 12.9. The molecule has 9 heteroatoms. The molecule has 1 amide bonds. The molecule has 0 aliphatic carbocycles. The molecule has 2 aromatic carbocycles. The second-order valence-electron chi connectivity index (χ2n) is 7.49. The number of methoxy groups -OCH3 is 1. The predicted octanol–water partition coefficient (Wildman–Crippen LogP) is 3.35. The molecule has 1 N–H and O–H groups in total. The van der Waals surface area contributed by atoms with Crippen molar-refractivity contribution in [3.63, 3.8) is 0 Å². The van der Waals surface area contributed by atoms with Gasteiger partial charge in [0.2, 0.25) is 0 Å². The highest BCUT2D eigenvalue weighted by Gasteiger charge is 2.25. The topological polar surface area (TPSA) is 111 Å². The fourth-order valence-electron chi connectivity index (χ4n) is 3.83. The lowest BCUT2D eigenvalue weighted by atomic mass is 10.0. The van der Waals surface area contributed by atoms with Gasteiger partial charge in [0, 0.05) is 24.2 Å². The van der Waals surface area contributed by atoms with Gasteiger partial charge in [0.15, 0.2) is 0 Å². The van der Waals surface area contributed by atoms with Gasteiger partial charge in [-0.2, -0.15) is 0 Å². The summed E-state index contributed by atoms with van der Waals surface area (Å²) in [5.41, 5.74) is 0.672. The molecule has 0 aromatic heterocycles. The van der Waals surface area contributed by atoms with Gasteiger partial charge in [-0.1, -0.05) is 12.1 Å². The molecule has 2 aromatic rings. The summed E-state index contributed by atoms with van der Waals surface area (Å²) in [5.74, 6) is -0.473. The molecule has 1 heterocycles. The fraction of sp³-hybridized carbons (Fsp3) is 0.391. The minimum atomic E-state index is -0.712. The number of hydrogen-bond donors (Lipinski definition) is 1. The van der Waals surface area contributed by atoms with Crippen LogP contribution >= 0.6 is 0 Å². The van der Waals surface area contributed by atoms with Crippen molar-refractivity contribution in [3.05, 3.63) is 69.3 Å². The third-order valence-corrected chi connectivity index (χ3v) is 5.42. The van der Waals surface area contributed by atoms with E-state index in [1.165, 1.54) is 6.07 Å². The molecular formula is C23H27N3O6. The summed E-state index contributed by atoms with van der Waals surface area (Å²) >= 11 is 0. The smallest absolute Gasteiger partial charge is 0.338 e. The maximum atomic E-state index is 12.9. The summed E-state index contributed by atoms with van der Waals surface area (Å²) in [6.07, 6.45) is 2.17. The molecular weight excluding hydrogens is 414 g/mol. The first-order valence-electron chi connectivity index (χ1n) is 10.6. The molecule has 0 radical (unpaired) electrons. The Morgan fingerprint density at radius 1 is 1.16 bits per heavy atom. The van der Waals surface area contributed by atoms with Crippen molar-refractivity contribution in [2.45, 2.75) is 25.8 Å². The van der Waals surface area contributed by atoms with Crippen LogP contribution in [-0.2, 0) is 4.74 Å². The molecule has 1 atom stereocenters. The van der Waals surface area contributed by atoms with E-state index >= 15 is 0 Å². The Morgan fingerprint density at radius 2 is 1.88 bits per heavy atom. The molecule has 0 saturated carbocycles. The summed E-state index contributed by atoms with van der Waals surface area (Å²) in [7, 11) is 1.61. The molecule has 32 heavy (non-hydrogen) atoms. The Hall–Kier alpha value is -3.46. The van der Waals surface area contributed by atoms with Crippen molar-refractivity contribution in [2.24, 2.45) is 0 Å². The fourth-order valence-corrected chi connectivity index (χ4v) is 3.83. The Balaban J connectivity index is 1.82. The molecule has 0 bridgehead atoms. The average molecular weight is 441 g/mol. The number of nitrogens with zero attached hydrogens (tertiary/aromatic N) is 2. The van der Waals surface area contributed by atoms with Gasteiger partial charge in [0.1, 0.15) is 5.75 Å². The molecule has 1 aliphatic rings. The second-order valence-corrected chi connectivity index (χ2v) is 7.49. The zero-order valence-electron chi connectivity index (χ0n) is 18.2. The Morgan fingerprint density at radius 3 is 2.53 bits per heavy atom. The van der Waals surface area contributed by atoms with E-state index in [0.717, 1.165) is 49.4 Å². The van der Waals surface area contributed by atoms with Crippen molar-refractivity contribution < 1.29 is 24.0 Å². The van der Waals surface area contributed by atoms with Crippen molar-refractivity contribution in [3.8, 4) is 5.75 Å². The van der Waals surface area contributed by atoms with Crippen LogP contribution in [0.4, 0.5) is 5.69 Å². The lowest BCUT2D eigenvalue weighted by Crippen LogP contribution is -2.36. The van der Waals surface area contributed by atoms with Crippen LogP contribution in [0.3, 0.4) is 0 Å². The minimum absolute atomic E-state index is 0.0323. The standard InChI is InChI=1S/C23H27N3O6/c1-3-32-23(28)18-11-17(12-19(13-18)26(29)30)22(27)24-15-21(25-9-4-5-10-25)16-7-6-8-20(14-16)31-2/h6-8,11-14,21H,3-5,9-10,15H2,1-2H3,(H,24,27). The summed E-state index contributed by atoms with van der Waals surface area (Å²) < 4.78 is 10.3. The number of carbonyl (C=O) groups is 2. The van der Waals surface area contributed by atoms with Crippen LogP contribution in [0, 0.1) is 10.1 Å². The number of non-ortho nitro benzene ring substituents is 1. The van der Waals surface area contributed by atoms with Gasteiger partial charge >= 0.3 is 5.97 Å². The van der Waals surface area contributed by atoms with Gasteiger partial charge in [0.05, 0.1) is 30.2 Å². The van der Waals surface area contributed by atoms with E-state index in [-0.39, 0.29) is 29.5 Å². The molecule has 170 valence electrons. The van der Waals surface area contributed by atoms with E-state index in [4.69, 9.17) is 9.47 Å². The molecule has 1 unspecified atom stereocenters. The summed E-state index contributed by atoms with van der Waals surface area (Å²) in [6, 6.07) is 11.2. The van der Waals surface area contributed by atoms with Crippen molar-refractivity contribution in [1.29, 1.82) is 0 Å². The number of amides is 1. The normalized spacial score (nSPS) is 14.6. The first-order valence-corrected chi connectivity index (χ1v) is 10.6. The highest BCUT2D eigenvalue weighted by molar-refractivity contribution is 5.99. The number of nitrogens with one attached hydrogen (secondary N) is 1. The first-order chi connectivity index (χ1) is 15.4. The van der Waals surface area contributed by atoms with Gasteiger partial charge in [-0.15, -0.1) is 0 Å². The summed E-state index contributed by atoms with van der Waals surface area (Å²) in [6.45, 7) is 3.91. The van der Waals surface area contributed by atoms with Crippen LogP contribution in [-0.4, -0.2) is 55.1 Å². The van der Waals surface area contributed by atoms with E-state index in [2.05, 4.69) is 10.2 Å². The molecule has 1 aliphatic heterocycles. The van der Waals surface area contributed by atoms with Crippen LogP contribution < -0.4 is 10.1 Å². The van der Waals surface area contributed by atoms with Crippen LogP contribution in [0.1, 0.15) is 52.1 Å². The second kappa shape index (κ2) is 10.7. The van der Waals surface area contributed by atoms with Crippen molar-refractivity contribution >= 4 is 17.6 Å². The summed E-state index contributed by atoms with van der Waals surface area (Å²) in [5, 5.41) is 14.2. The highest BCUT2D eigenvalue weighted by atomic mass is 16.6. The van der Waals surface area contributed by atoms with Crippen LogP contribution in [0.2, 0.25) is 0 Å². The van der Waals surface area contributed by atoms with Gasteiger partial charge in [-0.25, -0.2) is 4.79 Å². The molecule has 3 rings (SSSR count). The van der Waals surface area contributed by atoms with Gasteiger partial charge in [0.25, 0.3) is 11.6 Å².